The highest BCUT2D eigenvalue weighted by molar-refractivity contribution is 5.89. The molecular formula is C23H27F3N8O. The molecule has 1 fully saturated rings. The maximum Gasteiger partial charge on any atom is 0.256 e. The minimum absolute atomic E-state index is 0.0816. The number of halogens is 3. The molecule has 3 N–H and O–H groups in total. The zero-order valence-corrected chi connectivity index (χ0v) is 19.7. The van der Waals surface area contributed by atoms with E-state index in [1.54, 1.807) is 26.2 Å². The van der Waals surface area contributed by atoms with Gasteiger partial charge in [-0.25, -0.2) is 27.7 Å². The predicted octanol–water partition coefficient (Wildman–Crippen LogP) is 4.20. The molecule has 1 aliphatic carbocycles. The van der Waals surface area contributed by atoms with Crippen molar-refractivity contribution in [3.05, 3.63) is 30.0 Å². The lowest BCUT2D eigenvalue weighted by Gasteiger charge is -2.36. The monoisotopic (exact) mass is 488 g/mol. The van der Waals surface area contributed by atoms with Crippen molar-refractivity contribution >= 4 is 28.4 Å². The van der Waals surface area contributed by atoms with Crippen LogP contribution in [0.15, 0.2) is 18.3 Å². The van der Waals surface area contributed by atoms with Crippen molar-refractivity contribution < 1.29 is 17.9 Å². The van der Waals surface area contributed by atoms with Gasteiger partial charge in [0.25, 0.3) is 6.43 Å². The average molecular weight is 489 g/mol. The molecule has 0 radical (unpaired) electrons. The molecule has 0 atom stereocenters. The van der Waals surface area contributed by atoms with Crippen molar-refractivity contribution in [3.63, 3.8) is 0 Å². The third-order valence-corrected chi connectivity index (χ3v) is 6.84. The minimum atomic E-state index is -2.58. The third-order valence-electron chi connectivity index (χ3n) is 6.84. The van der Waals surface area contributed by atoms with Gasteiger partial charge in [-0.1, -0.05) is 0 Å². The van der Waals surface area contributed by atoms with Gasteiger partial charge in [0.05, 0.1) is 29.6 Å². The Kier molecular flexibility index (Phi) is 5.78. The highest BCUT2D eigenvalue weighted by Gasteiger charge is 2.31. The molecule has 35 heavy (non-hydrogen) atoms. The Bertz CT molecular complexity index is 1390. The molecule has 186 valence electrons. The Morgan fingerprint density at radius 1 is 1.23 bits per heavy atom. The van der Waals surface area contributed by atoms with Crippen molar-refractivity contribution in [2.45, 2.75) is 64.1 Å². The number of nitrogens with zero attached hydrogens (tertiary/aromatic N) is 6. The lowest BCUT2D eigenvalue weighted by atomic mass is 9.83. The molecule has 12 heteroatoms. The van der Waals surface area contributed by atoms with Gasteiger partial charge in [-0.3, -0.25) is 0 Å². The molecular weight excluding hydrogens is 461 g/mol. The highest BCUT2D eigenvalue weighted by Crippen LogP contribution is 2.34. The van der Waals surface area contributed by atoms with Crippen molar-refractivity contribution in [2.24, 2.45) is 0 Å². The van der Waals surface area contributed by atoms with Crippen LogP contribution in [0.3, 0.4) is 0 Å². The van der Waals surface area contributed by atoms with E-state index in [1.165, 1.54) is 15.3 Å². The number of nitrogens with two attached hydrogens (primary N) is 1. The first-order valence-corrected chi connectivity index (χ1v) is 11.5. The molecule has 0 saturated heterocycles. The Labute approximate surface area is 199 Å². The van der Waals surface area contributed by atoms with Crippen LogP contribution >= 0.6 is 0 Å². The van der Waals surface area contributed by atoms with Crippen LogP contribution in [0.2, 0.25) is 0 Å². The number of nitrogens with one attached hydrogen (secondary N) is 1. The number of pyridine rings is 1. The Morgan fingerprint density at radius 2 is 1.97 bits per heavy atom. The van der Waals surface area contributed by atoms with Crippen LogP contribution in [-0.2, 0) is 11.3 Å². The lowest BCUT2D eigenvalue weighted by molar-refractivity contribution is -0.0253. The van der Waals surface area contributed by atoms with Gasteiger partial charge in [0.1, 0.15) is 16.9 Å². The predicted molar refractivity (Wildman–Crippen MR) is 126 cm³/mol. The largest absolute Gasteiger partial charge is 0.382 e. The highest BCUT2D eigenvalue weighted by atomic mass is 19.3. The van der Waals surface area contributed by atoms with Gasteiger partial charge in [-0.15, -0.1) is 5.10 Å². The third kappa shape index (κ3) is 4.26. The molecule has 0 spiro atoms. The number of anilines is 2. The first-order valence-electron chi connectivity index (χ1n) is 11.5. The van der Waals surface area contributed by atoms with Gasteiger partial charge in [0.2, 0.25) is 5.95 Å². The summed E-state index contributed by atoms with van der Waals surface area (Å²) in [7, 11) is 1.73. The van der Waals surface area contributed by atoms with Crippen molar-refractivity contribution in [2.75, 3.05) is 18.2 Å². The second kappa shape index (κ2) is 8.67. The number of alkyl halides is 2. The average Bonchev–Trinajstić information content (AvgIpc) is 3.30. The van der Waals surface area contributed by atoms with E-state index in [-0.39, 0.29) is 39.9 Å². The number of methoxy groups -OCH3 is 1. The van der Waals surface area contributed by atoms with Gasteiger partial charge >= 0.3 is 0 Å². The molecule has 4 heterocycles. The van der Waals surface area contributed by atoms with E-state index >= 15 is 4.39 Å². The second-order valence-electron chi connectivity index (χ2n) is 9.24. The van der Waals surface area contributed by atoms with Gasteiger partial charge in [0.15, 0.2) is 17.3 Å². The Balaban J connectivity index is 1.49. The SMILES string of the molecule is COC1(C)CCC(Nc2nc(N)c3c(-c4ccc5nc(C)n(CC(F)F)c5n4)c(F)cn3n2)CC1. The number of ether oxygens (including phenoxy) is 1. The number of hydrogen-bond acceptors (Lipinski definition) is 7. The van der Waals surface area contributed by atoms with Crippen LogP contribution in [0.4, 0.5) is 24.9 Å². The van der Waals surface area contributed by atoms with E-state index in [2.05, 4.69) is 32.3 Å². The van der Waals surface area contributed by atoms with Gasteiger partial charge in [-0.2, -0.15) is 4.98 Å². The summed E-state index contributed by atoms with van der Waals surface area (Å²) in [4.78, 5) is 13.1. The van der Waals surface area contributed by atoms with Crippen LogP contribution in [0, 0.1) is 12.7 Å². The van der Waals surface area contributed by atoms with Crippen molar-refractivity contribution in [1.29, 1.82) is 0 Å². The van der Waals surface area contributed by atoms with Gasteiger partial charge in [-0.05, 0) is 51.7 Å². The van der Waals surface area contributed by atoms with E-state index in [0.29, 0.717) is 17.3 Å². The van der Waals surface area contributed by atoms with Gasteiger partial charge in [0, 0.05) is 13.2 Å². The zero-order chi connectivity index (χ0) is 24.9. The summed E-state index contributed by atoms with van der Waals surface area (Å²) in [6.45, 7) is 3.17. The van der Waals surface area contributed by atoms with Crippen LogP contribution in [-0.4, -0.2) is 54.3 Å². The molecule has 0 aliphatic heterocycles. The first-order chi connectivity index (χ1) is 16.7. The molecule has 0 unspecified atom stereocenters. The van der Waals surface area contributed by atoms with Gasteiger partial charge < -0.3 is 20.4 Å². The van der Waals surface area contributed by atoms with E-state index in [0.717, 1.165) is 25.7 Å². The first kappa shape index (κ1) is 23.3. The van der Waals surface area contributed by atoms with E-state index in [9.17, 15) is 8.78 Å². The molecule has 4 aromatic rings. The number of hydrogen-bond donors (Lipinski definition) is 2. The molecule has 4 aromatic heterocycles. The summed E-state index contributed by atoms with van der Waals surface area (Å²) in [5.74, 6) is 0.189. The standard InChI is InChI=1S/C23H27F3N8O/c1-12-28-16-5-4-15(30-21(16)33(12)11-17(25)26)18-14(24)10-34-19(18)20(27)31-22(32-34)29-13-6-8-23(2,35-3)9-7-13/h4-5,10,13,17H,6-9,11H2,1-3H3,(H3,27,29,31,32). The number of aromatic nitrogens is 6. The number of fused-ring (bicyclic) bond motifs is 2. The summed E-state index contributed by atoms with van der Waals surface area (Å²) in [6, 6.07) is 3.36. The number of rotatable bonds is 6. The summed E-state index contributed by atoms with van der Waals surface area (Å²) >= 11 is 0. The summed E-state index contributed by atoms with van der Waals surface area (Å²) in [5.41, 5.74) is 7.41. The molecule has 1 saturated carbocycles. The van der Waals surface area contributed by atoms with E-state index in [4.69, 9.17) is 10.5 Å². The van der Waals surface area contributed by atoms with Crippen molar-refractivity contribution in [3.8, 4) is 11.3 Å². The molecule has 9 nitrogen and oxygen atoms in total. The van der Waals surface area contributed by atoms with Crippen LogP contribution in [0.5, 0.6) is 0 Å². The summed E-state index contributed by atoms with van der Waals surface area (Å²) in [6.07, 6.45) is 2.20. The quantitative estimate of drug-likeness (QED) is 0.419. The Hall–Kier alpha value is -3.41. The Morgan fingerprint density at radius 3 is 2.66 bits per heavy atom. The molecule has 0 amide bonds. The van der Waals surface area contributed by atoms with Crippen LogP contribution in [0.25, 0.3) is 27.9 Å². The lowest BCUT2D eigenvalue weighted by Crippen LogP contribution is -2.37. The fraction of sp³-hybridized carbons (Fsp3) is 0.478. The molecule has 5 rings (SSSR count). The van der Waals surface area contributed by atoms with E-state index in [1.807, 2.05) is 0 Å². The molecule has 0 aromatic carbocycles. The summed E-state index contributed by atoms with van der Waals surface area (Å²) < 4.78 is 49.6. The topological polar surface area (TPSA) is 108 Å². The number of nitrogen functional groups attached to an aromatic ring is 1. The number of imidazole rings is 1. The smallest absolute Gasteiger partial charge is 0.256 e. The van der Waals surface area contributed by atoms with Crippen LogP contribution in [0.1, 0.15) is 38.4 Å². The van der Waals surface area contributed by atoms with Crippen molar-refractivity contribution in [1.82, 2.24) is 29.1 Å². The summed E-state index contributed by atoms with van der Waals surface area (Å²) in [5, 5.41) is 7.71. The molecule has 0 bridgehead atoms. The maximum atomic E-state index is 15.1. The maximum absolute atomic E-state index is 15.1. The minimum Gasteiger partial charge on any atom is -0.382 e. The molecule has 1 aliphatic rings. The number of aryl methyl sites for hydroxylation is 1. The van der Waals surface area contributed by atoms with E-state index < -0.39 is 18.8 Å². The zero-order valence-electron chi connectivity index (χ0n) is 19.7. The fourth-order valence-electron chi connectivity index (χ4n) is 4.75. The second-order valence-corrected chi connectivity index (χ2v) is 9.24. The normalized spacial score (nSPS) is 20.8. The fourth-order valence-corrected chi connectivity index (χ4v) is 4.75. The van der Waals surface area contributed by atoms with Crippen LogP contribution < -0.4 is 11.1 Å².